The molecule has 5 rings (SSSR count). The molecule has 0 amide bonds. The lowest BCUT2D eigenvalue weighted by atomic mass is 9.83. The first-order valence-electron chi connectivity index (χ1n) is 10.9. The Hall–Kier alpha value is -2.84. The summed E-state index contributed by atoms with van der Waals surface area (Å²) in [6.07, 6.45) is 10.3. The van der Waals surface area contributed by atoms with Crippen molar-refractivity contribution in [2.75, 3.05) is 20.1 Å². The minimum Gasteiger partial charge on any atom is -0.337 e. The van der Waals surface area contributed by atoms with Gasteiger partial charge >= 0.3 is 0 Å². The van der Waals surface area contributed by atoms with Crippen LogP contribution in [0, 0.1) is 5.92 Å². The maximum atomic E-state index is 13.3. The van der Waals surface area contributed by atoms with Crippen LogP contribution >= 0.6 is 0 Å². The minimum atomic E-state index is 0.170. The Kier molecular flexibility index (Phi) is 5.41. The monoisotopic (exact) mass is 419 g/mol. The van der Waals surface area contributed by atoms with Gasteiger partial charge in [-0.3, -0.25) is 14.6 Å². The molecule has 3 aromatic heterocycles. The molecule has 0 spiro atoms. The quantitative estimate of drug-likeness (QED) is 0.605. The lowest BCUT2D eigenvalue weighted by molar-refractivity contribution is 0.114. The van der Waals surface area contributed by atoms with E-state index in [4.69, 9.17) is 0 Å². The summed E-state index contributed by atoms with van der Waals surface area (Å²) < 4.78 is 4.07. The molecule has 1 saturated heterocycles. The van der Waals surface area contributed by atoms with Crippen molar-refractivity contribution in [2.45, 2.75) is 38.5 Å². The zero-order valence-corrected chi connectivity index (χ0v) is 18.2. The van der Waals surface area contributed by atoms with Crippen LogP contribution in [-0.4, -0.2) is 54.0 Å². The molecule has 0 saturated carbocycles. The Morgan fingerprint density at radius 1 is 1.13 bits per heavy atom. The fourth-order valence-electron chi connectivity index (χ4n) is 5.15. The van der Waals surface area contributed by atoms with Crippen LogP contribution in [0.3, 0.4) is 0 Å². The molecule has 0 N–H and O–H groups in total. The van der Waals surface area contributed by atoms with Crippen molar-refractivity contribution in [1.82, 2.24) is 33.9 Å². The zero-order valence-electron chi connectivity index (χ0n) is 18.2. The van der Waals surface area contributed by atoms with Gasteiger partial charge in [-0.05, 0) is 25.5 Å². The Morgan fingerprint density at radius 2 is 1.97 bits per heavy atom. The van der Waals surface area contributed by atoms with Gasteiger partial charge in [0.25, 0.3) is 5.56 Å². The molecule has 2 bridgehead atoms. The van der Waals surface area contributed by atoms with Crippen LogP contribution in [0.4, 0.5) is 0 Å². The van der Waals surface area contributed by atoms with E-state index in [0.29, 0.717) is 24.9 Å². The molecule has 0 aromatic carbocycles. The highest BCUT2D eigenvalue weighted by molar-refractivity contribution is 5.22. The summed E-state index contributed by atoms with van der Waals surface area (Å²) in [6, 6.07) is 4.22. The molecular weight excluding hydrogens is 390 g/mol. The Bertz CT molecular complexity index is 1110. The molecule has 0 aliphatic carbocycles. The van der Waals surface area contributed by atoms with E-state index in [9.17, 15) is 4.79 Å². The number of aromatic nitrogens is 5. The van der Waals surface area contributed by atoms with Gasteiger partial charge in [-0.1, -0.05) is 6.07 Å². The molecule has 0 unspecified atom stereocenters. The topological polar surface area (TPSA) is 72.1 Å². The average Bonchev–Trinajstić information content (AvgIpc) is 3.15. The lowest BCUT2D eigenvalue weighted by Gasteiger charge is -2.43. The molecule has 2 aliphatic rings. The summed E-state index contributed by atoms with van der Waals surface area (Å²) in [4.78, 5) is 30.6. The molecule has 162 valence electrons. The van der Waals surface area contributed by atoms with Gasteiger partial charge in [-0.2, -0.15) is 0 Å². The Labute approximate surface area is 182 Å². The second-order valence-electron chi connectivity index (χ2n) is 9.07. The smallest absolute Gasteiger partial charge is 0.255 e. The number of pyridine rings is 1. The second-order valence-corrected chi connectivity index (χ2v) is 9.07. The first kappa shape index (κ1) is 20.1. The van der Waals surface area contributed by atoms with Crippen LogP contribution in [0.5, 0.6) is 0 Å². The summed E-state index contributed by atoms with van der Waals surface area (Å²) in [7, 11) is 4.04. The lowest BCUT2D eigenvalue weighted by Crippen LogP contribution is -2.47. The van der Waals surface area contributed by atoms with Gasteiger partial charge in [0.1, 0.15) is 12.2 Å². The van der Waals surface area contributed by atoms with Crippen LogP contribution in [0.25, 0.3) is 0 Å². The van der Waals surface area contributed by atoms with Gasteiger partial charge in [0.05, 0.1) is 6.54 Å². The fourth-order valence-corrected chi connectivity index (χ4v) is 5.15. The van der Waals surface area contributed by atoms with Crippen LogP contribution in [0.15, 0.2) is 48.0 Å². The molecule has 2 atom stereocenters. The SMILES string of the molecule is CN(Cc1ccc2n(c1=O)C[C@H]1C[C@@H]2CN(Cc2cncnc2)C1)Cc1nccn1C. The van der Waals surface area contributed by atoms with Gasteiger partial charge in [0.15, 0.2) is 0 Å². The third-order valence-corrected chi connectivity index (χ3v) is 6.55. The van der Waals surface area contributed by atoms with Crippen LogP contribution < -0.4 is 5.56 Å². The van der Waals surface area contributed by atoms with Gasteiger partial charge < -0.3 is 9.13 Å². The molecule has 1 fully saturated rings. The highest BCUT2D eigenvalue weighted by atomic mass is 16.1. The summed E-state index contributed by atoms with van der Waals surface area (Å²) >= 11 is 0. The molecule has 8 nitrogen and oxygen atoms in total. The molecule has 5 heterocycles. The van der Waals surface area contributed by atoms with Crippen LogP contribution in [-0.2, 0) is 33.2 Å². The number of hydrogen-bond acceptors (Lipinski definition) is 6. The van der Waals surface area contributed by atoms with Gasteiger partial charge in [-0.25, -0.2) is 15.0 Å². The predicted molar refractivity (Wildman–Crippen MR) is 117 cm³/mol. The van der Waals surface area contributed by atoms with Crippen molar-refractivity contribution in [3.8, 4) is 0 Å². The van der Waals surface area contributed by atoms with Crippen molar-refractivity contribution < 1.29 is 0 Å². The number of imidazole rings is 1. The number of fused-ring (bicyclic) bond motifs is 4. The van der Waals surface area contributed by atoms with E-state index in [-0.39, 0.29) is 5.56 Å². The summed E-state index contributed by atoms with van der Waals surface area (Å²) in [5.41, 5.74) is 3.36. The number of likely N-dealkylation sites (tertiary alicyclic amines) is 1. The third-order valence-electron chi connectivity index (χ3n) is 6.55. The molecule has 0 radical (unpaired) electrons. The van der Waals surface area contributed by atoms with Gasteiger partial charge in [0, 0.05) is 87.3 Å². The number of nitrogens with zero attached hydrogens (tertiary/aromatic N) is 7. The van der Waals surface area contributed by atoms with Crippen molar-refractivity contribution in [2.24, 2.45) is 13.0 Å². The first-order valence-corrected chi connectivity index (χ1v) is 10.9. The average molecular weight is 420 g/mol. The van der Waals surface area contributed by atoms with Gasteiger partial charge in [-0.15, -0.1) is 0 Å². The maximum absolute atomic E-state index is 13.3. The van der Waals surface area contributed by atoms with E-state index in [1.165, 1.54) is 12.1 Å². The number of hydrogen-bond donors (Lipinski definition) is 0. The molecule has 8 heteroatoms. The zero-order chi connectivity index (χ0) is 21.4. The van der Waals surface area contributed by atoms with Crippen LogP contribution in [0.2, 0.25) is 0 Å². The van der Waals surface area contributed by atoms with E-state index in [2.05, 4.69) is 30.8 Å². The molecule has 2 aliphatic heterocycles. The number of rotatable bonds is 6. The standard InChI is InChI=1S/C23H29N7O/c1-27(15-22-26-5-6-28(22)2)13-19-3-4-21-20-7-17(12-30(21)23(19)31)10-29(14-20)11-18-8-24-16-25-9-18/h3-6,8-9,16-17,20H,7,10-15H2,1-2H3/t17-,20+/m0/s1. The van der Waals surface area contributed by atoms with E-state index in [1.54, 1.807) is 6.33 Å². The summed E-state index contributed by atoms with van der Waals surface area (Å²) in [5, 5.41) is 0. The minimum absolute atomic E-state index is 0.170. The molecule has 3 aromatic rings. The Balaban J connectivity index is 1.31. The Morgan fingerprint density at radius 3 is 2.74 bits per heavy atom. The number of piperidine rings is 1. The van der Waals surface area contributed by atoms with E-state index in [1.807, 2.05) is 54.1 Å². The van der Waals surface area contributed by atoms with Crippen molar-refractivity contribution in [3.63, 3.8) is 0 Å². The first-order chi connectivity index (χ1) is 15.1. The van der Waals surface area contributed by atoms with Crippen molar-refractivity contribution in [3.05, 3.63) is 76.2 Å². The summed E-state index contributed by atoms with van der Waals surface area (Å²) in [6.45, 7) is 5.01. The largest absolute Gasteiger partial charge is 0.337 e. The van der Waals surface area contributed by atoms with Crippen molar-refractivity contribution >= 4 is 0 Å². The van der Waals surface area contributed by atoms with Gasteiger partial charge in [0.2, 0.25) is 0 Å². The second kappa shape index (κ2) is 8.36. The highest BCUT2D eigenvalue weighted by Crippen LogP contribution is 2.35. The van der Waals surface area contributed by atoms with Crippen LogP contribution in [0.1, 0.15) is 35.0 Å². The van der Waals surface area contributed by atoms with Crippen molar-refractivity contribution in [1.29, 1.82) is 0 Å². The van der Waals surface area contributed by atoms with E-state index < -0.39 is 0 Å². The molecular formula is C23H29N7O. The normalized spacial score (nSPS) is 20.7. The van der Waals surface area contributed by atoms with E-state index >= 15 is 0 Å². The van der Waals surface area contributed by atoms with E-state index in [0.717, 1.165) is 43.1 Å². The fraction of sp³-hybridized carbons (Fsp3) is 0.478. The maximum Gasteiger partial charge on any atom is 0.255 e. The predicted octanol–water partition coefficient (Wildman–Crippen LogP) is 1.62. The summed E-state index contributed by atoms with van der Waals surface area (Å²) in [5.74, 6) is 1.91. The molecule has 31 heavy (non-hydrogen) atoms. The highest BCUT2D eigenvalue weighted by Gasteiger charge is 2.35. The number of aryl methyl sites for hydroxylation is 1. The third kappa shape index (κ3) is 4.18.